The molecule has 6 nitrogen and oxygen atoms in total. The van der Waals surface area contributed by atoms with Gasteiger partial charge in [0, 0.05) is 12.6 Å². The second-order valence-electron chi connectivity index (χ2n) is 5.69. The number of benzene rings is 1. The van der Waals surface area contributed by atoms with E-state index in [0.717, 1.165) is 19.3 Å². The molecule has 0 bridgehead atoms. The second kappa shape index (κ2) is 7.31. The lowest BCUT2D eigenvalue weighted by Gasteiger charge is -2.32. The van der Waals surface area contributed by atoms with Crippen LogP contribution in [0, 0.1) is 0 Å². The smallest absolute Gasteiger partial charge is 0.310 e. The van der Waals surface area contributed by atoms with E-state index in [9.17, 15) is 13.2 Å². The van der Waals surface area contributed by atoms with Crippen LogP contribution < -0.4 is 4.74 Å². The monoisotopic (exact) mass is 341 g/mol. The Morgan fingerprint density at radius 2 is 2.04 bits per heavy atom. The molecule has 1 aromatic rings. The molecule has 0 aromatic heterocycles. The minimum atomic E-state index is -3.65. The molecular weight excluding hydrogens is 318 g/mol. The van der Waals surface area contributed by atoms with E-state index in [-0.39, 0.29) is 17.4 Å². The predicted octanol–water partition coefficient (Wildman–Crippen LogP) is 1.97. The van der Waals surface area contributed by atoms with Crippen molar-refractivity contribution < 1.29 is 22.7 Å². The Kier molecular flexibility index (Phi) is 5.64. The number of esters is 1. The van der Waals surface area contributed by atoms with Gasteiger partial charge in [-0.25, -0.2) is 8.42 Å². The van der Waals surface area contributed by atoms with Crippen LogP contribution in [-0.4, -0.2) is 45.5 Å². The van der Waals surface area contributed by atoms with Crippen molar-refractivity contribution in [2.24, 2.45) is 0 Å². The lowest BCUT2D eigenvalue weighted by Crippen LogP contribution is -2.42. The van der Waals surface area contributed by atoms with Crippen molar-refractivity contribution in [3.8, 4) is 5.75 Å². The molecule has 0 radical (unpaired) electrons. The number of hydrogen-bond donors (Lipinski definition) is 0. The zero-order valence-corrected chi connectivity index (χ0v) is 14.6. The number of ether oxygens (including phenoxy) is 2. The topological polar surface area (TPSA) is 72.9 Å². The number of piperidine rings is 1. The zero-order valence-electron chi connectivity index (χ0n) is 13.7. The standard InChI is InChI=1S/C16H23NO5S/c1-12-6-4-5-9-17(12)23(19,20)15-8-7-14(21-2)10-13(15)11-16(18)22-3/h7-8,10,12H,4-6,9,11H2,1-3H3. The fourth-order valence-corrected chi connectivity index (χ4v) is 4.76. The van der Waals surface area contributed by atoms with Crippen LogP contribution in [0.4, 0.5) is 0 Å². The molecule has 0 amide bonds. The Hall–Kier alpha value is -1.60. The minimum Gasteiger partial charge on any atom is -0.497 e. The highest BCUT2D eigenvalue weighted by Gasteiger charge is 2.33. The first-order valence-electron chi connectivity index (χ1n) is 7.65. The van der Waals surface area contributed by atoms with Crippen LogP contribution in [0.15, 0.2) is 23.1 Å². The third kappa shape index (κ3) is 3.84. The first-order chi connectivity index (χ1) is 10.9. The number of nitrogens with zero attached hydrogens (tertiary/aromatic N) is 1. The molecule has 1 unspecified atom stereocenters. The summed E-state index contributed by atoms with van der Waals surface area (Å²) in [6.07, 6.45) is 2.63. The molecule has 0 saturated carbocycles. The van der Waals surface area contributed by atoms with Gasteiger partial charge in [0.05, 0.1) is 25.5 Å². The first-order valence-corrected chi connectivity index (χ1v) is 9.09. The summed E-state index contributed by atoms with van der Waals surface area (Å²) in [4.78, 5) is 11.8. The average molecular weight is 341 g/mol. The van der Waals surface area contributed by atoms with Crippen LogP contribution in [-0.2, 0) is 26.0 Å². The van der Waals surface area contributed by atoms with Gasteiger partial charge >= 0.3 is 5.97 Å². The lowest BCUT2D eigenvalue weighted by atomic mass is 10.1. The summed E-state index contributed by atoms with van der Waals surface area (Å²) in [6.45, 7) is 2.42. The van der Waals surface area contributed by atoms with E-state index < -0.39 is 16.0 Å². The maximum atomic E-state index is 13.0. The Bertz CT molecular complexity index is 671. The molecule has 1 fully saturated rings. The molecule has 1 aromatic carbocycles. The summed E-state index contributed by atoms with van der Waals surface area (Å²) in [5.41, 5.74) is 0.397. The van der Waals surface area contributed by atoms with Gasteiger partial charge < -0.3 is 9.47 Å². The third-order valence-corrected chi connectivity index (χ3v) is 6.27. The normalized spacial score (nSPS) is 19.3. The molecule has 1 aliphatic rings. The van der Waals surface area contributed by atoms with Crippen LogP contribution >= 0.6 is 0 Å². The van der Waals surface area contributed by atoms with Gasteiger partial charge in [-0.2, -0.15) is 4.31 Å². The molecule has 1 saturated heterocycles. The highest BCUT2D eigenvalue weighted by atomic mass is 32.2. The summed E-state index contributed by atoms with van der Waals surface area (Å²) in [5.74, 6) is 0.0240. The van der Waals surface area contributed by atoms with Gasteiger partial charge in [-0.15, -0.1) is 0 Å². The van der Waals surface area contributed by atoms with E-state index in [0.29, 0.717) is 17.9 Å². The van der Waals surface area contributed by atoms with Crippen molar-refractivity contribution in [2.45, 2.75) is 43.5 Å². The van der Waals surface area contributed by atoms with Crippen molar-refractivity contribution >= 4 is 16.0 Å². The minimum absolute atomic E-state index is 0.0400. The molecule has 1 aliphatic heterocycles. The Balaban J connectivity index is 2.45. The fraction of sp³-hybridized carbons (Fsp3) is 0.562. The molecule has 0 aliphatic carbocycles. The van der Waals surface area contributed by atoms with E-state index in [4.69, 9.17) is 4.74 Å². The molecule has 7 heteroatoms. The molecule has 128 valence electrons. The summed E-state index contributed by atoms with van der Waals surface area (Å²) in [5, 5.41) is 0. The number of hydrogen-bond acceptors (Lipinski definition) is 5. The first kappa shape index (κ1) is 17.7. The van der Waals surface area contributed by atoms with E-state index >= 15 is 0 Å². The third-order valence-electron chi connectivity index (χ3n) is 4.16. The maximum absolute atomic E-state index is 13.0. The number of carbonyl (C=O) groups excluding carboxylic acids is 1. The number of sulfonamides is 1. The largest absolute Gasteiger partial charge is 0.497 e. The van der Waals surface area contributed by atoms with Crippen molar-refractivity contribution in [3.63, 3.8) is 0 Å². The maximum Gasteiger partial charge on any atom is 0.310 e. The quantitative estimate of drug-likeness (QED) is 0.766. The van der Waals surface area contributed by atoms with Crippen LogP contribution in [0.2, 0.25) is 0 Å². The molecule has 0 N–H and O–H groups in total. The summed E-state index contributed by atoms with van der Waals surface area (Å²) in [7, 11) is -0.871. The van der Waals surface area contributed by atoms with Gasteiger partial charge in [-0.3, -0.25) is 4.79 Å². The Morgan fingerprint density at radius 3 is 2.65 bits per heavy atom. The molecule has 23 heavy (non-hydrogen) atoms. The molecule has 1 atom stereocenters. The zero-order chi connectivity index (χ0) is 17.0. The molecule has 0 spiro atoms. The van der Waals surface area contributed by atoms with Gasteiger partial charge in [0.1, 0.15) is 5.75 Å². The molecule has 2 rings (SSSR count). The number of methoxy groups -OCH3 is 2. The van der Waals surface area contributed by atoms with E-state index in [1.54, 1.807) is 12.1 Å². The van der Waals surface area contributed by atoms with Gasteiger partial charge in [0.15, 0.2) is 0 Å². The number of carbonyl (C=O) groups is 1. The van der Waals surface area contributed by atoms with E-state index in [2.05, 4.69) is 4.74 Å². The fourth-order valence-electron chi connectivity index (χ4n) is 2.86. The van der Waals surface area contributed by atoms with Gasteiger partial charge in [0.25, 0.3) is 0 Å². The van der Waals surface area contributed by atoms with Crippen LogP contribution in [0.25, 0.3) is 0 Å². The molecule has 1 heterocycles. The summed E-state index contributed by atoms with van der Waals surface area (Å²) in [6, 6.07) is 4.65. The van der Waals surface area contributed by atoms with Crippen molar-refractivity contribution in [2.75, 3.05) is 20.8 Å². The van der Waals surface area contributed by atoms with E-state index in [1.807, 2.05) is 6.92 Å². The SMILES string of the molecule is COC(=O)Cc1cc(OC)ccc1S(=O)(=O)N1CCCCC1C. The van der Waals surface area contributed by atoms with Gasteiger partial charge in [-0.1, -0.05) is 6.42 Å². The van der Waals surface area contributed by atoms with Crippen molar-refractivity contribution in [1.82, 2.24) is 4.31 Å². The van der Waals surface area contributed by atoms with E-state index in [1.165, 1.54) is 24.6 Å². The van der Waals surface area contributed by atoms with Crippen molar-refractivity contribution in [3.05, 3.63) is 23.8 Å². The highest BCUT2D eigenvalue weighted by molar-refractivity contribution is 7.89. The Labute approximate surface area is 137 Å². The van der Waals surface area contributed by atoms with Gasteiger partial charge in [0.2, 0.25) is 10.0 Å². The Morgan fingerprint density at radius 1 is 1.30 bits per heavy atom. The molecular formula is C16H23NO5S. The second-order valence-corrected chi connectivity index (χ2v) is 7.55. The van der Waals surface area contributed by atoms with Gasteiger partial charge in [-0.05, 0) is 43.5 Å². The number of rotatable bonds is 5. The summed E-state index contributed by atoms with van der Waals surface area (Å²) >= 11 is 0. The van der Waals surface area contributed by atoms with Crippen molar-refractivity contribution in [1.29, 1.82) is 0 Å². The lowest BCUT2D eigenvalue weighted by molar-refractivity contribution is -0.139. The van der Waals surface area contributed by atoms with Crippen LogP contribution in [0.3, 0.4) is 0 Å². The average Bonchev–Trinajstić information content (AvgIpc) is 2.54. The van der Waals surface area contributed by atoms with Crippen LogP contribution in [0.5, 0.6) is 5.75 Å². The van der Waals surface area contributed by atoms with Crippen LogP contribution in [0.1, 0.15) is 31.7 Å². The highest BCUT2D eigenvalue weighted by Crippen LogP contribution is 2.29. The predicted molar refractivity (Wildman–Crippen MR) is 85.9 cm³/mol. The summed E-state index contributed by atoms with van der Waals surface area (Å²) < 4.78 is 37.4.